The molecule has 5 nitrogen and oxygen atoms in total. The average molecular weight is 340 g/mol. The maximum Gasteiger partial charge on any atom is 0.257 e. The number of thioether (sulfide) groups is 1. The van der Waals surface area contributed by atoms with Gasteiger partial charge in [0.1, 0.15) is 11.3 Å². The number of hydrogen-bond acceptors (Lipinski definition) is 5. The van der Waals surface area contributed by atoms with E-state index in [1.54, 1.807) is 0 Å². The Labute approximate surface area is 143 Å². The van der Waals surface area contributed by atoms with Crippen LogP contribution in [-0.2, 0) is 4.79 Å². The van der Waals surface area contributed by atoms with E-state index in [9.17, 15) is 4.79 Å². The van der Waals surface area contributed by atoms with Gasteiger partial charge in [0, 0.05) is 12.0 Å². The van der Waals surface area contributed by atoms with E-state index in [0.29, 0.717) is 11.8 Å². The number of aromatic nitrogens is 1. The van der Waals surface area contributed by atoms with Crippen molar-refractivity contribution in [1.82, 2.24) is 10.3 Å². The highest BCUT2D eigenvalue weighted by Crippen LogP contribution is 2.31. The highest BCUT2D eigenvalue weighted by molar-refractivity contribution is 7.99. The second-order valence-electron chi connectivity index (χ2n) is 5.53. The molecule has 6 heteroatoms. The Bertz CT molecular complexity index is 844. The maximum atomic E-state index is 12.3. The van der Waals surface area contributed by atoms with Gasteiger partial charge in [-0.05, 0) is 18.2 Å². The third kappa shape index (κ3) is 3.10. The summed E-state index contributed by atoms with van der Waals surface area (Å²) in [5.74, 6) is 1.08. The zero-order valence-corrected chi connectivity index (χ0v) is 13.7. The van der Waals surface area contributed by atoms with E-state index in [-0.39, 0.29) is 17.7 Å². The van der Waals surface area contributed by atoms with Crippen molar-refractivity contribution >= 4 is 28.8 Å². The number of carbonyl (C=O) groups is 1. The van der Waals surface area contributed by atoms with Crippen molar-refractivity contribution in [1.29, 1.82) is 0 Å². The van der Waals surface area contributed by atoms with Crippen LogP contribution in [0.15, 0.2) is 58.2 Å². The van der Waals surface area contributed by atoms with Crippen molar-refractivity contribution in [2.45, 2.75) is 17.7 Å². The summed E-state index contributed by atoms with van der Waals surface area (Å²) in [5, 5.41) is 3.58. The van der Waals surface area contributed by atoms with Crippen LogP contribution in [0, 0.1) is 0 Å². The van der Waals surface area contributed by atoms with Gasteiger partial charge in [0.25, 0.3) is 5.22 Å². The molecular formula is C18H16N2O3S. The Hall–Kier alpha value is -2.47. The SMILES string of the molecule is O=C(CSc1nc2ccccc2o1)N[C@H]1CCOc2ccccc21. The molecule has 2 heterocycles. The molecule has 0 aliphatic carbocycles. The summed E-state index contributed by atoms with van der Waals surface area (Å²) in [6.45, 7) is 0.611. The molecule has 0 fully saturated rings. The fourth-order valence-electron chi connectivity index (χ4n) is 2.77. The smallest absolute Gasteiger partial charge is 0.257 e. The lowest BCUT2D eigenvalue weighted by Gasteiger charge is -2.26. The molecular weight excluding hydrogens is 324 g/mol. The van der Waals surface area contributed by atoms with Crippen molar-refractivity contribution in [3.63, 3.8) is 0 Å². The number of hydrogen-bond donors (Lipinski definition) is 1. The number of rotatable bonds is 4. The van der Waals surface area contributed by atoms with Gasteiger partial charge in [-0.2, -0.15) is 0 Å². The van der Waals surface area contributed by atoms with E-state index < -0.39 is 0 Å². The summed E-state index contributed by atoms with van der Waals surface area (Å²) >= 11 is 1.30. The van der Waals surface area contributed by atoms with Crippen LogP contribution >= 0.6 is 11.8 Å². The molecule has 1 aliphatic heterocycles. The molecule has 0 radical (unpaired) electrons. The number of ether oxygens (including phenoxy) is 1. The second kappa shape index (κ2) is 6.57. The summed E-state index contributed by atoms with van der Waals surface area (Å²) in [6.07, 6.45) is 0.774. The monoisotopic (exact) mass is 340 g/mol. The number of fused-ring (bicyclic) bond motifs is 2. The van der Waals surface area contributed by atoms with Gasteiger partial charge in [0.15, 0.2) is 5.58 Å². The first-order chi connectivity index (χ1) is 11.8. The van der Waals surface area contributed by atoms with Crippen LogP contribution in [0.4, 0.5) is 0 Å². The van der Waals surface area contributed by atoms with Crippen LogP contribution in [0.3, 0.4) is 0 Å². The normalized spacial score (nSPS) is 16.4. The summed E-state index contributed by atoms with van der Waals surface area (Å²) in [7, 11) is 0. The number of para-hydroxylation sites is 3. The van der Waals surface area contributed by atoms with Gasteiger partial charge >= 0.3 is 0 Å². The zero-order chi connectivity index (χ0) is 16.4. The maximum absolute atomic E-state index is 12.3. The van der Waals surface area contributed by atoms with Gasteiger partial charge in [-0.1, -0.05) is 42.1 Å². The molecule has 0 bridgehead atoms. The van der Waals surface area contributed by atoms with Crippen LogP contribution in [0.5, 0.6) is 5.75 Å². The number of carbonyl (C=O) groups excluding carboxylic acids is 1. The van der Waals surface area contributed by atoms with E-state index in [4.69, 9.17) is 9.15 Å². The molecule has 122 valence electrons. The highest BCUT2D eigenvalue weighted by atomic mass is 32.2. The summed E-state index contributed by atoms with van der Waals surface area (Å²) in [4.78, 5) is 16.6. The predicted molar refractivity (Wildman–Crippen MR) is 92.2 cm³/mol. The molecule has 1 N–H and O–H groups in total. The van der Waals surface area contributed by atoms with Crippen molar-refractivity contribution < 1.29 is 13.9 Å². The van der Waals surface area contributed by atoms with Gasteiger partial charge < -0.3 is 14.5 Å². The number of amides is 1. The predicted octanol–water partition coefficient (Wildman–Crippen LogP) is 3.56. The molecule has 0 saturated heterocycles. The van der Waals surface area contributed by atoms with E-state index in [1.807, 2.05) is 48.5 Å². The average Bonchev–Trinajstić information content (AvgIpc) is 3.03. The molecule has 2 aromatic carbocycles. The molecule has 4 rings (SSSR count). The van der Waals surface area contributed by atoms with Gasteiger partial charge in [0.2, 0.25) is 5.91 Å². The Morgan fingerprint density at radius 3 is 2.96 bits per heavy atom. The van der Waals surface area contributed by atoms with Crippen LogP contribution < -0.4 is 10.1 Å². The summed E-state index contributed by atoms with van der Waals surface area (Å²) in [5.41, 5.74) is 2.57. The van der Waals surface area contributed by atoms with E-state index in [0.717, 1.165) is 28.8 Å². The van der Waals surface area contributed by atoms with Crippen molar-refractivity contribution in [3.05, 3.63) is 54.1 Å². The number of oxazole rings is 1. The highest BCUT2D eigenvalue weighted by Gasteiger charge is 2.22. The minimum atomic E-state index is -0.0380. The standard InChI is InChI=1S/C18H16N2O3S/c21-17(11-24-18-20-14-6-2-4-8-16(14)23-18)19-13-9-10-22-15-7-3-1-5-12(13)15/h1-8,13H,9-11H2,(H,19,21)/t13-/m0/s1. The van der Waals surface area contributed by atoms with Crippen molar-refractivity contribution in [2.24, 2.45) is 0 Å². The molecule has 0 spiro atoms. The first-order valence-corrected chi connectivity index (χ1v) is 8.77. The topological polar surface area (TPSA) is 64.4 Å². The van der Waals surface area contributed by atoms with Gasteiger partial charge in [0.05, 0.1) is 18.4 Å². The molecule has 1 aliphatic rings. The molecule has 0 saturated carbocycles. The summed E-state index contributed by atoms with van der Waals surface area (Å²) < 4.78 is 11.2. The van der Waals surface area contributed by atoms with Gasteiger partial charge in [-0.15, -0.1) is 0 Å². The first kappa shape index (κ1) is 15.1. The van der Waals surface area contributed by atoms with E-state index in [1.165, 1.54) is 11.8 Å². The Morgan fingerprint density at radius 1 is 1.21 bits per heavy atom. The molecule has 1 aromatic heterocycles. The third-order valence-electron chi connectivity index (χ3n) is 3.89. The lowest BCUT2D eigenvalue weighted by atomic mass is 10.0. The minimum Gasteiger partial charge on any atom is -0.493 e. The van der Waals surface area contributed by atoms with Gasteiger partial charge in [-0.3, -0.25) is 4.79 Å². The van der Waals surface area contributed by atoms with Crippen LogP contribution in [0.2, 0.25) is 0 Å². The largest absolute Gasteiger partial charge is 0.493 e. The van der Waals surface area contributed by atoms with Crippen LogP contribution in [0.1, 0.15) is 18.0 Å². The molecule has 0 unspecified atom stereocenters. The van der Waals surface area contributed by atoms with Crippen LogP contribution in [-0.4, -0.2) is 23.3 Å². The fourth-order valence-corrected chi connectivity index (χ4v) is 3.42. The minimum absolute atomic E-state index is 0.00770. The number of benzene rings is 2. The molecule has 1 atom stereocenters. The molecule has 1 amide bonds. The van der Waals surface area contributed by atoms with Gasteiger partial charge in [-0.25, -0.2) is 4.98 Å². The summed E-state index contributed by atoms with van der Waals surface area (Å²) in [6, 6.07) is 15.4. The number of nitrogens with zero attached hydrogens (tertiary/aromatic N) is 1. The molecule has 24 heavy (non-hydrogen) atoms. The van der Waals surface area contributed by atoms with Crippen molar-refractivity contribution in [2.75, 3.05) is 12.4 Å². The Morgan fingerprint density at radius 2 is 2.04 bits per heavy atom. The van der Waals surface area contributed by atoms with E-state index >= 15 is 0 Å². The van der Waals surface area contributed by atoms with E-state index in [2.05, 4.69) is 10.3 Å². The second-order valence-corrected chi connectivity index (χ2v) is 6.46. The number of nitrogens with one attached hydrogen (secondary N) is 1. The first-order valence-electron chi connectivity index (χ1n) is 7.79. The lowest BCUT2D eigenvalue weighted by Crippen LogP contribution is -2.33. The van der Waals surface area contributed by atoms with Crippen LogP contribution in [0.25, 0.3) is 11.1 Å². The Kier molecular flexibility index (Phi) is 4.13. The van der Waals surface area contributed by atoms with Crippen molar-refractivity contribution in [3.8, 4) is 5.75 Å². The quantitative estimate of drug-likeness (QED) is 0.736. The lowest BCUT2D eigenvalue weighted by molar-refractivity contribution is -0.119. The Balaban J connectivity index is 1.39. The third-order valence-corrected chi connectivity index (χ3v) is 4.72. The zero-order valence-electron chi connectivity index (χ0n) is 12.9. The molecule has 3 aromatic rings. The fraction of sp³-hybridized carbons (Fsp3) is 0.222.